The third-order valence-corrected chi connectivity index (χ3v) is 5.27. The number of thiocarbonyl (C=S) groups is 1. The van der Waals surface area contributed by atoms with E-state index in [1.54, 1.807) is 26.4 Å². The molecule has 0 unspecified atom stereocenters. The first-order chi connectivity index (χ1) is 13.6. The Balaban J connectivity index is 1.51. The predicted molar refractivity (Wildman–Crippen MR) is 116 cm³/mol. The number of nitrogens with zero attached hydrogens (tertiary/aromatic N) is 2. The largest absolute Gasteiger partial charge is 0.495 e. The van der Waals surface area contributed by atoms with Crippen LogP contribution in [0.1, 0.15) is 18.5 Å². The summed E-state index contributed by atoms with van der Waals surface area (Å²) in [4.78, 5) is 6.82. The minimum absolute atomic E-state index is 0.333. The molecule has 1 saturated heterocycles. The maximum absolute atomic E-state index is 6.15. The SMILES string of the molecule is COc1cc(NC(=S)NC2CCN(Cc3ccccn3)CC2)c(OC)cc1Cl. The number of aromatic nitrogens is 1. The lowest BCUT2D eigenvalue weighted by Crippen LogP contribution is -2.45. The van der Waals surface area contributed by atoms with Crippen LogP contribution in [0.2, 0.25) is 5.02 Å². The number of nitrogens with one attached hydrogen (secondary N) is 2. The number of hydrogen-bond acceptors (Lipinski definition) is 5. The molecule has 0 spiro atoms. The molecule has 28 heavy (non-hydrogen) atoms. The molecule has 2 aromatic rings. The molecule has 0 amide bonds. The first-order valence-electron chi connectivity index (χ1n) is 9.20. The lowest BCUT2D eigenvalue weighted by molar-refractivity contribution is 0.197. The van der Waals surface area contributed by atoms with Crippen molar-refractivity contribution in [2.24, 2.45) is 0 Å². The molecule has 150 valence electrons. The molecule has 0 aliphatic carbocycles. The van der Waals surface area contributed by atoms with Crippen LogP contribution < -0.4 is 20.1 Å². The van der Waals surface area contributed by atoms with Crippen LogP contribution in [0.3, 0.4) is 0 Å². The Bertz CT molecular complexity index is 798. The van der Waals surface area contributed by atoms with Gasteiger partial charge in [0.1, 0.15) is 11.5 Å². The van der Waals surface area contributed by atoms with E-state index in [1.807, 2.05) is 18.3 Å². The number of methoxy groups -OCH3 is 2. The molecule has 8 heteroatoms. The normalized spacial score (nSPS) is 15.1. The molecule has 3 rings (SSSR count). The highest BCUT2D eigenvalue weighted by Crippen LogP contribution is 2.35. The second kappa shape index (κ2) is 9.91. The van der Waals surface area contributed by atoms with Gasteiger partial charge >= 0.3 is 0 Å². The number of rotatable bonds is 6. The van der Waals surface area contributed by atoms with E-state index in [-0.39, 0.29) is 0 Å². The van der Waals surface area contributed by atoms with Crippen molar-refractivity contribution in [2.45, 2.75) is 25.4 Å². The summed E-state index contributed by atoms with van der Waals surface area (Å²) < 4.78 is 10.7. The smallest absolute Gasteiger partial charge is 0.171 e. The van der Waals surface area contributed by atoms with Gasteiger partial charge in [0.15, 0.2) is 5.11 Å². The molecule has 1 aromatic heterocycles. The molecule has 0 saturated carbocycles. The van der Waals surface area contributed by atoms with Gasteiger partial charge in [-0.3, -0.25) is 9.88 Å². The summed E-state index contributed by atoms with van der Waals surface area (Å²) in [5, 5.41) is 7.65. The topological polar surface area (TPSA) is 58.7 Å². The Hall–Kier alpha value is -2.09. The molecule has 0 atom stereocenters. The molecule has 0 bridgehead atoms. The summed E-state index contributed by atoms with van der Waals surface area (Å²) in [6.07, 6.45) is 3.89. The Morgan fingerprint density at radius 2 is 1.96 bits per heavy atom. The van der Waals surface area contributed by atoms with Crippen LogP contribution in [0.25, 0.3) is 0 Å². The van der Waals surface area contributed by atoms with Crippen molar-refractivity contribution in [1.29, 1.82) is 0 Å². The molecule has 1 aliphatic heterocycles. The summed E-state index contributed by atoms with van der Waals surface area (Å²) in [5.41, 5.74) is 1.82. The van der Waals surface area contributed by atoms with Crippen molar-refractivity contribution in [3.8, 4) is 11.5 Å². The molecule has 1 fully saturated rings. The van der Waals surface area contributed by atoms with E-state index in [0.717, 1.165) is 38.2 Å². The number of anilines is 1. The quantitative estimate of drug-likeness (QED) is 0.691. The van der Waals surface area contributed by atoms with Gasteiger partial charge in [0.25, 0.3) is 0 Å². The lowest BCUT2D eigenvalue weighted by atomic mass is 10.1. The standard InChI is InChI=1S/C20H25ClN4O2S/c1-26-18-12-17(19(27-2)11-16(18)21)24-20(28)23-14-6-9-25(10-7-14)13-15-5-3-4-8-22-15/h3-5,8,11-12,14H,6-7,9-10,13H2,1-2H3,(H2,23,24,28). The van der Waals surface area contributed by atoms with Gasteiger partial charge in [0, 0.05) is 44.0 Å². The molecule has 2 N–H and O–H groups in total. The van der Waals surface area contributed by atoms with E-state index in [2.05, 4.69) is 26.6 Å². The minimum atomic E-state index is 0.333. The van der Waals surface area contributed by atoms with Gasteiger partial charge in [-0.25, -0.2) is 0 Å². The van der Waals surface area contributed by atoms with E-state index < -0.39 is 0 Å². The Morgan fingerprint density at radius 3 is 2.61 bits per heavy atom. The number of benzene rings is 1. The fourth-order valence-corrected chi connectivity index (χ4v) is 3.77. The fraction of sp³-hybridized carbons (Fsp3) is 0.400. The van der Waals surface area contributed by atoms with Gasteiger partial charge in [0.05, 0.1) is 30.6 Å². The highest BCUT2D eigenvalue weighted by molar-refractivity contribution is 7.80. The van der Waals surface area contributed by atoms with Crippen LogP contribution in [0.4, 0.5) is 5.69 Å². The first-order valence-corrected chi connectivity index (χ1v) is 9.99. The maximum Gasteiger partial charge on any atom is 0.171 e. The van der Waals surface area contributed by atoms with Crippen molar-refractivity contribution in [3.05, 3.63) is 47.2 Å². The first kappa shape index (κ1) is 20.6. The van der Waals surface area contributed by atoms with Gasteiger partial charge in [0.2, 0.25) is 0 Å². The summed E-state index contributed by atoms with van der Waals surface area (Å²) in [7, 11) is 3.17. The van der Waals surface area contributed by atoms with E-state index in [0.29, 0.717) is 33.4 Å². The van der Waals surface area contributed by atoms with E-state index in [4.69, 9.17) is 33.3 Å². The lowest BCUT2D eigenvalue weighted by Gasteiger charge is -2.32. The summed E-state index contributed by atoms with van der Waals surface area (Å²) >= 11 is 11.6. The van der Waals surface area contributed by atoms with Crippen molar-refractivity contribution in [3.63, 3.8) is 0 Å². The van der Waals surface area contributed by atoms with Crippen LogP contribution in [0.15, 0.2) is 36.5 Å². The van der Waals surface area contributed by atoms with Crippen LogP contribution in [-0.2, 0) is 6.54 Å². The fourth-order valence-electron chi connectivity index (χ4n) is 3.26. The number of pyridine rings is 1. The number of piperidine rings is 1. The molecule has 0 radical (unpaired) electrons. The average molecular weight is 421 g/mol. The van der Waals surface area contributed by atoms with E-state index in [9.17, 15) is 0 Å². The summed E-state index contributed by atoms with van der Waals surface area (Å²) in [6, 6.07) is 9.86. The number of ether oxygens (including phenoxy) is 2. The zero-order valence-electron chi connectivity index (χ0n) is 16.1. The molecular formula is C20H25ClN4O2S. The van der Waals surface area contributed by atoms with Gasteiger partial charge < -0.3 is 20.1 Å². The monoisotopic (exact) mass is 420 g/mol. The van der Waals surface area contributed by atoms with Gasteiger partial charge in [-0.2, -0.15) is 0 Å². The number of hydrogen-bond donors (Lipinski definition) is 2. The summed E-state index contributed by atoms with van der Waals surface area (Å²) in [6.45, 7) is 2.90. The molecule has 1 aliphatic rings. The van der Waals surface area contributed by atoms with E-state index >= 15 is 0 Å². The predicted octanol–water partition coefficient (Wildman–Crippen LogP) is 3.70. The number of halogens is 1. The third kappa shape index (κ3) is 5.47. The molecular weight excluding hydrogens is 396 g/mol. The zero-order valence-corrected chi connectivity index (χ0v) is 17.6. The van der Waals surface area contributed by atoms with Crippen LogP contribution >= 0.6 is 23.8 Å². The van der Waals surface area contributed by atoms with Crippen LogP contribution in [-0.4, -0.2) is 48.3 Å². The Labute approximate surface area is 176 Å². The number of likely N-dealkylation sites (tertiary alicyclic amines) is 1. The van der Waals surface area contributed by atoms with Crippen LogP contribution in [0, 0.1) is 0 Å². The maximum atomic E-state index is 6.15. The van der Waals surface area contributed by atoms with Crippen molar-refractivity contribution < 1.29 is 9.47 Å². The van der Waals surface area contributed by atoms with Gasteiger partial charge in [-0.05, 0) is 37.2 Å². The highest BCUT2D eigenvalue weighted by Gasteiger charge is 2.20. The van der Waals surface area contributed by atoms with E-state index in [1.165, 1.54) is 0 Å². The zero-order chi connectivity index (χ0) is 19.9. The van der Waals surface area contributed by atoms with Crippen molar-refractivity contribution in [2.75, 3.05) is 32.6 Å². The van der Waals surface area contributed by atoms with Gasteiger partial charge in [-0.1, -0.05) is 17.7 Å². The molecule has 1 aromatic carbocycles. The van der Waals surface area contributed by atoms with Crippen LogP contribution in [0.5, 0.6) is 11.5 Å². The third-order valence-electron chi connectivity index (χ3n) is 4.76. The van der Waals surface area contributed by atoms with Crippen molar-refractivity contribution in [1.82, 2.24) is 15.2 Å². The molecule has 2 heterocycles. The average Bonchev–Trinajstić information content (AvgIpc) is 2.71. The summed E-state index contributed by atoms with van der Waals surface area (Å²) in [5.74, 6) is 1.18. The van der Waals surface area contributed by atoms with Gasteiger partial charge in [-0.15, -0.1) is 0 Å². The van der Waals surface area contributed by atoms with Crippen molar-refractivity contribution >= 4 is 34.6 Å². The Morgan fingerprint density at radius 1 is 1.21 bits per heavy atom. The highest BCUT2D eigenvalue weighted by atomic mass is 35.5. The Kier molecular flexibility index (Phi) is 7.30. The molecule has 6 nitrogen and oxygen atoms in total. The second-order valence-electron chi connectivity index (χ2n) is 6.66. The minimum Gasteiger partial charge on any atom is -0.495 e. The second-order valence-corrected chi connectivity index (χ2v) is 7.47.